The third-order valence-electron chi connectivity index (χ3n) is 3.97. The Hall–Kier alpha value is -1.74. The highest BCUT2D eigenvalue weighted by molar-refractivity contribution is 5.86. The minimum absolute atomic E-state index is 0.00439. The van der Waals surface area contributed by atoms with E-state index in [1.807, 2.05) is 0 Å². The lowest BCUT2D eigenvalue weighted by molar-refractivity contribution is -0.109. The monoisotopic (exact) mass is 295 g/mol. The molecule has 114 valence electrons. The minimum atomic E-state index is -1.69. The summed E-state index contributed by atoms with van der Waals surface area (Å²) in [6, 6.07) is 1.69. The third-order valence-corrected chi connectivity index (χ3v) is 3.97. The van der Waals surface area contributed by atoms with E-state index in [0.29, 0.717) is 16.9 Å². The molecule has 1 saturated heterocycles. The quantitative estimate of drug-likeness (QED) is 0.595. The summed E-state index contributed by atoms with van der Waals surface area (Å²) in [6.45, 7) is -0.532. The summed E-state index contributed by atoms with van der Waals surface area (Å²) in [7, 11) is 0. The largest absolute Gasteiger partial charge is 0.394 e. The summed E-state index contributed by atoms with van der Waals surface area (Å²) in [5.74, 6) is 0.296. The van der Waals surface area contributed by atoms with Crippen molar-refractivity contribution >= 4 is 16.9 Å². The zero-order valence-electron chi connectivity index (χ0n) is 12.3. The molecule has 1 fully saturated rings. The molecule has 0 aliphatic carbocycles. The van der Waals surface area contributed by atoms with Crippen LogP contribution in [0.2, 0.25) is 0 Å². The Morgan fingerprint density at radius 1 is 1.57 bits per heavy atom. The van der Waals surface area contributed by atoms with Crippen molar-refractivity contribution in [3.8, 4) is 0 Å². The first-order valence-electron chi connectivity index (χ1n) is 7.26. The van der Waals surface area contributed by atoms with E-state index in [1.165, 1.54) is 6.33 Å². The number of hydrogen-bond acceptors (Lipinski definition) is 7. The molecule has 3 rings (SSSR count). The van der Waals surface area contributed by atoms with Gasteiger partial charge in [-0.2, -0.15) is 0 Å². The number of rotatable bonds is 3. The first kappa shape index (κ1) is 13.0. The summed E-state index contributed by atoms with van der Waals surface area (Å²) < 4.78 is 14.5. The fourth-order valence-electron chi connectivity index (χ4n) is 2.73. The number of fused-ring (bicyclic) bond motifs is 1. The van der Waals surface area contributed by atoms with Crippen LogP contribution in [0.25, 0.3) is 11.0 Å². The molecule has 0 radical (unpaired) electrons. The Labute approximate surface area is 122 Å². The van der Waals surface area contributed by atoms with Crippen molar-refractivity contribution in [2.45, 2.75) is 37.4 Å². The predicted molar refractivity (Wildman–Crippen MR) is 74.2 cm³/mol. The average molecular weight is 295 g/mol. The van der Waals surface area contributed by atoms with Crippen LogP contribution in [0.4, 0.5) is 5.82 Å². The van der Waals surface area contributed by atoms with Gasteiger partial charge in [-0.1, -0.05) is 6.90 Å². The van der Waals surface area contributed by atoms with Crippen molar-refractivity contribution in [2.75, 3.05) is 12.3 Å². The van der Waals surface area contributed by atoms with Gasteiger partial charge in [-0.25, -0.2) is 9.97 Å². The lowest BCUT2D eigenvalue weighted by atomic mass is 9.91. The Balaban J connectivity index is 2.09. The van der Waals surface area contributed by atoms with E-state index in [4.69, 9.17) is 11.8 Å². The molecule has 0 saturated carbocycles. The lowest BCUT2D eigenvalue weighted by Crippen LogP contribution is -2.46. The van der Waals surface area contributed by atoms with Gasteiger partial charge < -0.3 is 30.4 Å². The van der Waals surface area contributed by atoms with Gasteiger partial charge in [0.2, 0.25) is 0 Å². The normalized spacial score (nSPS) is 33.5. The number of hydrogen-bond donors (Lipinski definition) is 4. The maximum absolute atomic E-state index is 10.8. The van der Waals surface area contributed by atoms with Gasteiger partial charge in [-0.15, -0.1) is 0 Å². The fourth-order valence-corrected chi connectivity index (χ4v) is 2.73. The van der Waals surface area contributed by atoms with Crippen LogP contribution in [0.1, 0.15) is 20.9 Å². The summed E-state index contributed by atoms with van der Waals surface area (Å²) in [6.07, 6.45) is -0.288. The van der Waals surface area contributed by atoms with E-state index in [1.54, 1.807) is 16.8 Å². The molecule has 0 bridgehead atoms. The maximum Gasteiger partial charge on any atom is 0.167 e. The zero-order valence-corrected chi connectivity index (χ0v) is 11.3. The van der Waals surface area contributed by atoms with Crippen LogP contribution in [0.3, 0.4) is 0 Å². The Kier molecular flexibility index (Phi) is 3.03. The molecule has 2 aromatic rings. The van der Waals surface area contributed by atoms with Gasteiger partial charge in [0.1, 0.15) is 35.6 Å². The zero-order chi connectivity index (χ0) is 15.9. The summed E-state index contributed by atoms with van der Waals surface area (Å²) in [4.78, 5) is 8.03. The topological polar surface area (TPSA) is 127 Å². The third kappa shape index (κ3) is 1.91. The van der Waals surface area contributed by atoms with Crippen molar-refractivity contribution < 1.29 is 21.4 Å². The highest BCUT2D eigenvalue weighted by Crippen LogP contribution is 2.42. The van der Waals surface area contributed by atoms with Crippen LogP contribution >= 0.6 is 0 Å². The number of nitrogens with zero attached hydrogens (tertiary/aromatic N) is 3. The summed E-state index contributed by atoms with van der Waals surface area (Å²) >= 11 is 0. The molecular formula is C13H18N4O4. The van der Waals surface area contributed by atoms with E-state index < -0.39 is 30.6 Å². The first-order valence-corrected chi connectivity index (χ1v) is 6.56. The second kappa shape index (κ2) is 4.92. The molecule has 8 nitrogen and oxygen atoms in total. The SMILES string of the molecule is [2H]CC[C@]1(O)C(n2ccc3c(N)ncnc32)O[C@H](CO)[C@H]1O. The van der Waals surface area contributed by atoms with Crippen molar-refractivity contribution in [1.29, 1.82) is 0 Å². The molecule has 0 amide bonds. The van der Waals surface area contributed by atoms with E-state index in [9.17, 15) is 15.3 Å². The van der Waals surface area contributed by atoms with Gasteiger partial charge in [0.15, 0.2) is 6.23 Å². The Morgan fingerprint density at radius 2 is 2.38 bits per heavy atom. The average Bonchev–Trinajstić information content (AvgIpc) is 3.02. The van der Waals surface area contributed by atoms with Crippen LogP contribution < -0.4 is 5.73 Å². The molecule has 4 atom stereocenters. The van der Waals surface area contributed by atoms with Crippen molar-refractivity contribution in [3.63, 3.8) is 0 Å². The van der Waals surface area contributed by atoms with Crippen LogP contribution in [-0.2, 0) is 4.74 Å². The van der Waals surface area contributed by atoms with Gasteiger partial charge in [-0.05, 0) is 12.5 Å². The smallest absolute Gasteiger partial charge is 0.167 e. The fraction of sp³-hybridized carbons (Fsp3) is 0.538. The minimum Gasteiger partial charge on any atom is -0.394 e. The molecule has 0 spiro atoms. The number of nitrogen functional groups attached to an aromatic ring is 1. The number of anilines is 1. The van der Waals surface area contributed by atoms with Crippen LogP contribution in [-0.4, -0.2) is 54.3 Å². The summed E-state index contributed by atoms with van der Waals surface area (Å²) in [5, 5.41) is 31.0. The standard InChI is InChI=1S/C13H18N4O4/c1-2-13(20)9(19)8(5-18)21-12(13)17-4-3-7-10(14)15-6-16-11(7)17/h3-4,6,8-9,12,18-20H,2,5H2,1H3,(H2,14,15,16)/t8-,9-,12?,13-/m1/s1/i1D. The molecule has 0 aromatic carbocycles. The first-order chi connectivity index (χ1) is 10.5. The highest BCUT2D eigenvalue weighted by Gasteiger charge is 2.55. The van der Waals surface area contributed by atoms with E-state index in [-0.39, 0.29) is 13.3 Å². The second-order valence-electron chi connectivity index (χ2n) is 5.11. The molecular weight excluding hydrogens is 276 g/mol. The Bertz CT molecular complexity index is 681. The number of aliphatic hydroxyl groups is 3. The van der Waals surface area contributed by atoms with Gasteiger partial charge in [-0.3, -0.25) is 0 Å². The molecule has 1 aliphatic heterocycles. The van der Waals surface area contributed by atoms with Crippen LogP contribution in [0.15, 0.2) is 18.6 Å². The molecule has 2 aromatic heterocycles. The Morgan fingerprint density at radius 3 is 3.10 bits per heavy atom. The van der Waals surface area contributed by atoms with Crippen LogP contribution in [0, 0.1) is 0 Å². The molecule has 1 unspecified atom stereocenters. The number of aliphatic hydroxyl groups excluding tert-OH is 2. The highest BCUT2D eigenvalue weighted by atomic mass is 16.6. The molecule has 5 N–H and O–H groups in total. The predicted octanol–water partition coefficient (Wildman–Crippen LogP) is -0.595. The number of aromatic nitrogens is 3. The molecule has 8 heteroatoms. The van der Waals surface area contributed by atoms with Crippen molar-refractivity contribution in [2.24, 2.45) is 0 Å². The lowest BCUT2D eigenvalue weighted by Gasteiger charge is -2.30. The summed E-state index contributed by atoms with van der Waals surface area (Å²) in [5.41, 5.74) is 4.55. The second-order valence-corrected chi connectivity index (χ2v) is 5.11. The maximum atomic E-state index is 10.8. The molecule has 21 heavy (non-hydrogen) atoms. The van der Waals surface area contributed by atoms with Gasteiger partial charge in [0, 0.05) is 7.57 Å². The molecule has 1 aliphatic rings. The van der Waals surface area contributed by atoms with E-state index in [0.717, 1.165) is 0 Å². The van der Waals surface area contributed by atoms with Gasteiger partial charge >= 0.3 is 0 Å². The number of nitrogens with two attached hydrogens (primary N) is 1. The van der Waals surface area contributed by atoms with Crippen LogP contribution in [0.5, 0.6) is 0 Å². The van der Waals surface area contributed by atoms with Crippen molar-refractivity contribution in [1.82, 2.24) is 14.5 Å². The van der Waals surface area contributed by atoms with Crippen molar-refractivity contribution in [3.05, 3.63) is 18.6 Å². The van der Waals surface area contributed by atoms with Gasteiger partial charge in [0.25, 0.3) is 0 Å². The van der Waals surface area contributed by atoms with E-state index >= 15 is 0 Å². The van der Waals surface area contributed by atoms with Gasteiger partial charge in [0.05, 0.1) is 12.0 Å². The number of ether oxygens (including phenoxy) is 1. The molecule has 3 heterocycles. The van der Waals surface area contributed by atoms with E-state index in [2.05, 4.69) is 9.97 Å².